The molecule has 0 radical (unpaired) electrons. The molecular formula is C18H27N3O3. The lowest BCUT2D eigenvalue weighted by Crippen LogP contribution is -2.61. The lowest BCUT2D eigenvalue weighted by atomic mass is 10.0. The van der Waals surface area contributed by atoms with Gasteiger partial charge in [-0.3, -0.25) is 14.4 Å². The molecule has 24 heavy (non-hydrogen) atoms. The minimum absolute atomic E-state index is 0.0295. The second-order valence-corrected chi connectivity index (χ2v) is 8.04. The van der Waals surface area contributed by atoms with Gasteiger partial charge in [0.05, 0.1) is 12.0 Å². The van der Waals surface area contributed by atoms with Gasteiger partial charge in [-0.2, -0.15) is 0 Å². The number of likely N-dealkylation sites (tertiary alicyclic amines) is 2. The van der Waals surface area contributed by atoms with Crippen LogP contribution in [0.25, 0.3) is 0 Å². The SMILES string of the molecule is O=C(NC1CC1)C1CC(=O)N(C2CN(C(=O)CC3CCCC3)C2)C1. The number of carbonyl (C=O) groups excluding carboxylic acids is 3. The van der Waals surface area contributed by atoms with Gasteiger partial charge >= 0.3 is 0 Å². The average molecular weight is 333 g/mol. The Morgan fingerprint density at radius 1 is 1.04 bits per heavy atom. The zero-order valence-electron chi connectivity index (χ0n) is 14.2. The van der Waals surface area contributed by atoms with E-state index in [9.17, 15) is 14.4 Å². The fourth-order valence-electron chi connectivity index (χ4n) is 4.25. The summed E-state index contributed by atoms with van der Waals surface area (Å²) in [6.07, 6.45) is 8.02. The summed E-state index contributed by atoms with van der Waals surface area (Å²) in [4.78, 5) is 40.3. The Balaban J connectivity index is 1.23. The van der Waals surface area contributed by atoms with E-state index in [1.54, 1.807) is 0 Å². The predicted octanol–water partition coefficient (Wildman–Crippen LogP) is 0.905. The topological polar surface area (TPSA) is 69.7 Å². The quantitative estimate of drug-likeness (QED) is 0.813. The van der Waals surface area contributed by atoms with Crippen LogP contribution >= 0.6 is 0 Å². The van der Waals surface area contributed by atoms with E-state index < -0.39 is 0 Å². The van der Waals surface area contributed by atoms with Crippen molar-refractivity contribution in [3.8, 4) is 0 Å². The standard InChI is InChI=1S/C18H27N3O3/c22-16(7-12-3-1-2-4-12)20-10-15(11-20)21-9-13(8-17(21)23)18(24)19-14-5-6-14/h12-15H,1-11H2,(H,19,24). The Kier molecular flexibility index (Phi) is 4.22. The van der Waals surface area contributed by atoms with Crippen molar-refractivity contribution >= 4 is 17.7 Å². The van der Waals surface area contributed by atoms with Gasteiger partial charge in [0.2, 0.25) is 17.7 Å². The molecule has 2 saturated heterocycles. The normalized spacial score (nSPS) is 28.3. The molecular weight excluding hydrogens is 306 g/mol. The van der Waals surface area contributed by atoms with Crippen molar-refractivity contribution in [2.24, 2.45) is 11.8 Å². The van der Waals surface area contributed by atoms with Crippen molar-refractivity contribution < 1.29 is 14.4 Å². The molecule has 0 aromatic rings. The third kappa shape index (κ3) is 3.28. The first-order valence-electron chi connectivity index (χ1n) is 9.48. The monoisotopic (exact) mass is 333 g/mol. The van der Waals surface area contributed by atoms with Gasteiger partial charge in [0.15, 0.2) is 0 Å². The third-order valence-electron chi connectivity index (χ3n) is 6.05. The van der Waals surface area contributed by atoms with Crippen LogP contribution in [0, 0.1) is 11.8 Å². The molecule has 2 aliphatic carbocycles. The van der Waals surface area contributed by atoms with E-state index in [0.717, 1.165) is 12.8 Å². The van der Waals surface area contributed by atoms with E-state index in [4.69, 9.17) is 0 Å². The van der Waals surface area contributed by atoms with Crippen LogP contribution in [0.5, 0.6) is 0 Å². The van der Waals surface area contributed by atoms with E-state index >= 15 is 0 Å². The fraction of sp³-hybridized carbons (Fsp3) is 0.833. The molecule has 1 atom stereocenters. The lowest BCUT2D eigenvalue weighted by Gasteiger charge is -2.44. The predicted molar refractivity (Wildman–Crippen MR) is 87.9 cm³/mol. The summed E-state index contributed by atoms with van der Waals surface area (Å²) in [5.41, 5.74) is 0. The van der Waals surface area contributed by atoms with E-state index in [-0.39, 0.29) is 29.7 Å². The van der Waals surface area contributed by atoms with Crippen LogP contribution in [0.2, 0.25) is 0 Å². The van der Waals surface area contributed by atoms with Gasteiger partial charge in [0.1, 0.15) is 0 Å². The van der Waals surface area contributed by atoms with Crippen LogP contribution in [0.4, 0.5) is 0 Å². The van der Waals surface area contributed by atoms with Crippen molar-refractivity contribution in [2.45, 2.75) is 63.5 Å². The van der Waals surface area contributed by atoms with Gasteiger partial charge in [-0.1, -0.05) is 12.8 Å². The maximum Gasteiger partial charge on any atom is 0.225 e. The molecule has 4 rings (SSSR count). The van der Waals surface area contributed by atoms with Crippen molar-refractivity contribution in [3.63, 3.8) is 0 Å². The molecule has 6 nitrogen and oxygen atoms in total. The minimum atomic E-state index is -0.207. The van der Waals surface area contributed by atoms with Crippen LogP contribution < -0.4 is 5.32 Å². The van der Waals surface area contributed by atoms with Gasteiger partial charge < -0.3 is 15.1 Å². The molecule has 0 aromatic heterocycles. The second kappa shape index (κ2) is 6.37. The summed E-state index contributed by atoms with van der Waals surface area (Å²) in [5, 5.41) is 3.00. The van der Waals surface area contributed by atoms with Crippen molar-refractivity contribution in [3.05, 3.63) is 0 Å². The van der Waals surface area contributed by atoms with Gasteiger partial charge in [-0.05, 0) is 31.6 Å². The van der Waals surface area contributed by atoms with Crippen LogP contribution in [0.1, 0.15) is 51.4 Å². The van der Waals surface area contributed by atoms with Crippen LogP contribution in [0.15, 0.2) is 0 Å². The largest absolute Gasteiger partial charge is 0.353 e. The summed E-state index contributed by atoms with van der Waals surface area (Å²) < 4.78 is 0. The van der Waals surface area contributed by atoms with E-state index in [0.29, 0.717) is 44.4 Å². The maximum absolute atomic E-state index is 12.3. The smallest absolute Gasteiger partial charge is 0.225 e. The summed E-state index contributed by atoms with van der Waals surface area (Å²) >= 11 is 0. The maximum atomic E-state index is 12.3. The molecule has 1 unspecified atom stereocenters. The lowest BCUT2D eigenvalue weighted by molar-refractivity contribution is -0.145. The zero-order chi connectivity index (χ0) is 16.7. The number of carbonyl (C=O) groups is 3. The highest BCUT2D eigenvalue weighted by molar-refractivity contribution is 5.90. The molecule has 132 valence electrons. The molecule has 3 amide bonds. The highest BCUT2D eigenvalue weighted by Crippen LogP contribution is 2.30. The number of amides is 3. The summed E-state index contributed by atoms with van der Waals surface area (Å²) in [5.74, 6) is 0.704. The van der Waals surface area contributed by atoms with Gasteiger partial charge in [-0.15, -0.1) is 0 Å². The Morgan fingerprint density at radius 3 is 2.42 bits per heavy atom. The summed E-state index contributed by atoms with van der Waals surface area (Å²) in [6, 6.07) is 0.456. The number of hydrogen-bond acceptors (Lipinski definition) is 3. The summed E-state index contributed by atoms with van der Waals surface area (Å²) in [6.45, 7) is 1.81. The minimum Gasteiger partial charge on any atom is -0.353 e. The number of nitrogens with zero attached hydrogens (tertiary/aromatic N) is 2. The molecule has 2 heterocycles. The molecule has 2 saturated carbocycles. The van der Waals surface area contributed by atoms with Crippen LogP contribution in [-0.2, 0) is 14.4 Å². The Morgan fingerprint density at radius 2 is 1.75 bits per heavy atom. The number of nitrogens with one attached hydrogen (secondary N) is 1. The van der Waals surface area contributed by atoms with E-state index in [2.05, 4.69) is 5.32 Å². The van der Waals surface area contributed by atoms with Crippen LogP contribution in [0.3, 0.4) is 0 Å². The van der Waals surface area contributed by atoms with Crippen molar-refractivity contribution in [2.75, 3.05) is 19.6 Å². The molecule has 0 bridgehead atoms. The van der Waals surface area contributed by atoms with Crippen molar-refractivity contribution in [1.82, 2.24) is 15.1 Å². The first-order valence-corrected chi connectivity index (χ1v) is 9.48. The van der Waals surface area contributed by atoms with Crippen molar-refractivity contribution in [1.29, 1.82) is 0 Å². The molecule has 0 spiro atoms. The highest BCUT2D eigenvalue weighted by Gasteiger charge is 2.44. The molecule has 4 fully saturated rings. The van der Waals surface area contributed by atoms with Gasteiger partial charge in [-0.25, -0.2) is 0 Å². The Labute approximate surface area is 142 Å². The molecule has 6 heteroatoms. The molecule has 2 aliphatic heterocycles. The van der Waals surface area contributed by atoms with E-state index in [1.807, 2.05) is 9.80 Å². The summed E-state index contributed by atoms with van der Waals surface area (Å²) in [7, 11) is 0. The highest BCUT2D eigenvalue weighted by atomic mass is 16.2. The number of hydrogen-bond donors (Lipinski definition) is 1. The van der Waals surface area contributed by atoms with E-state index in [1.165, 1.54) is 25.7 Å². The molecule has 0 aromatic carbocycles. The first-order chi connectivity index (χ1) is 11.6. The zero-order valence-corrected chi connectivity index (χ0v) is 14.2. The molecule has 4 aliphatic rings. The fourth-order valence-corrected chi connectivity index (χ4v) is 4.25. The second-order valence-electron chi connectivity index (χ2n) is 8.04. The first kappa shape index (κ1) is 15.9. The van der Waals surface area contributed by atoms with Crippen LogP contribution in [-0.4, -0.2) is 59.2 Å². The Hall–Kier alpha value is -1.59. The average Bonchev–Trinajstić information content (AvgIpc) is 3.01. The molecule has 1 N–H and O–H groups in total. The third-order valence-corrected chi connectivity index (χ3v) is 6.05. The van der Waals surface area contributed by atoms with Gasteiger partial charge in [0, 0.05) is 38.5 Å². The Bertz CT molecular complexity index is 534. The van der Waals surface area contributed by atoms with Gasteiger partial charge in [0.25, 0.3) is 0 Å². The number of rotatable bonds is 5.